The van der Waals surface area contributed by atoms with Crippen molar-refractivity contribution in [1.82, 2.24) is 10.2 Å². The van der Waals surface area contributed by atoms with Crippen molar-refractivity contribution in [3.63, 3.8) is 0 Å². The molecule has 0 spiro atoms. The van der Waals surface area contributed by atoms with Gasteiger partial charge in [0.2, 0.25) is 11.8 Å². The van der Waals surface area contributed by atoms with Crippen LogP contribution < -0.4 is 10.1 Å². The Morgan fingerprint density at radius 1 is 1.12 bits per heavy atom. The molecular formula is C26H33FN2O3. The van der Waals surface area contributed by atoms with Gasteiger partial charge in [0.05, 0.1) is 6.61 Å². The number of carbonyl (C=O) groups is 2. The molecule has 0 radical (unpaired) electrons. The third-order valence-corrected chi connectivity index (χ3v) is 5.99. The van der Waals surface area contributed by atoms with Crippen LogP contribution in [0.4, 0.5) is 4.39 Å². The molecule has 1 fully saturated rings. The van der Waals surface area contributed by atoms with Crippen LogP contribution in [0.15, 0.2) is 48.5 Å². The summed E-state index contributed by atoms with van der Waals surface area (Å²) in [5.41, 5.74) is 1.55. The van der Waals surface area contributed by atoms with Crippen molar-refractivity contribution in [1.29, 1.82) is 0 Å². The van der Waals surface area contributed by atoms with Crippen LogP contribution in [0, 0.1) is 12.7 Å². The molecule has 0 saturated heterocycles. The molecule has 1 aliphatic rings. The number of ether oxygens (including phenoxy) is 1. The van der Waals surface area contributed by atoms with Crippen LogP contribution in [0.3, 0.4) is 0 Å². The molecule has 0 unspecified atom stereocenters. The standard InChI is InChI=1S/C26H33FN2O3/c1-19-13-15-23(16-14-19)32-17-7-12-25(30)29(18-21-8-3-6-11-24(21)27)20(2)26(31)28-22-9-4-5-10-22/h3,6,8,11,13-16,20,22H,4-5,7,9-10,12,17-18H2,1-2H3,(H,28,31)/t20-/m0/s1. The van der Waals surface area contributed by atoms with E-state index in [0.29, 0.717) is 18.6 Å². The van der Waals surface area contributed by atoms with Gasteiger partial charge < -0.3 is 15.0 Å². The Bertz CT molecular complexity index is 894. The highest BCUT2D eigenvalue weighted by atomic mass is 19.1. The Kier molecular flexibility index (Phi) is 8.65. The number of benzene rings is 2. The fourth-order valence-electron chi connectivity index (χ4n) is 3.98. The van der Waals surface area contributed by atoms with Crippen LogP contribution in [0.25, 0.3) is 0 Å². The number of halogens is 1. The van der Waals surface area contributed by atoms with Gasteiger partial charge in [-0.3, -0.25) is 9.59 Å². The monoisotopic (exact) mass is 440 g/mol. The molecule has 1 aliphatic carbocycles. The number of aryl methyl sites for hydroxylation is 1. The molecule has 1 N–H and O–H groups in total. The van der Waals surface area contributed by atoms with Crippen molar-refractivity contribution in [2.45, 2.75) is 71.0 Å². The quantitative estimate of drug-likeness (QED) is 0.542. The molecule has 0 heterocycles. The lowest BCUT2D eigenvalue weighted by Crippen LogP contribution is -2.49. The molecule has 0 aromatic heterocycles. The Morgan fingerprint density at radius 2 is 1.81 bits per heavy atom. The fourth-order valence-corrected chi connectivity index (χ4v) is 3.98. The lowest BCUT2D eigenvalue weighted by atomic mass is 10.1. The Labute approximate surface area is 190 Å². The lowest BCUT2D eigenvalue weighted by Gasteiger charge is -2.30. The van der Waals surface area contributed by atoms with E-state index in [1.165, 1.54) is 11.0 Å². The first kappa shape index (κ1) is 23.8. The number of hydrogen-bond acceptors (Lipinski definition) is 3. The maximum absolute atomic E-state index is 14.3. The van der Waals surface area contributed by atoms with E-state index in [2.05, 4.69) is 5.32 Å². The van der Waals surface area contributed by atoms with Crippen LogP contribution in [0.2, 0.25) is 0 Å². The molecule has 3 rings (SSSR count). The molecule has 6 heteroatoms. The van der Waals surface area contributed by atoms with Crippen LogP contribution >= 0.6 is 0 Å². The molecule has 0 bridgehead atoms. The number of nitrogens with one attached hydrogen (secondary N) is 1. The topological polar surface area (TPSA) is 58.6 Å². The zero-order valence-corrected chi connectivity index (χ0v) is 19.0. The predicted molar refractivity (Wildman–Crippen MR) is 123 cm³/mol. The summed E-state index contributed by atoms with van der Waals surface area (Å²) in [5, 5.41) is 3.06. The van der Waals surface area contributed by atoms with E-state index in [9.17, 15) is 14.0 Å². The highest BCUT2D eigenvalue weighted by molar-refractivity contribution is 5.87. The largest absolute Gasteiger partial charge is 0.494 e. The second-order valence-electron chi connectivity index (χ2n) is 8.54. The van der Waals surface area contributed by atoms with E-state index in [0.717, 1.165) is 37.0 Å². The average molecular weight is 441 g/mol. The molecule has 1 atom stereocenters. The van der Waals surface area contributed by atoms with Crippen LogP contribution in [0.1, 0.15) is 56.6 Å². The molecule has 0 aliphatic heterocycles. The van der Waals surface area contributed by atoms with Crippen molar-refractivity contribution in [2.24, 2.45) is 0 Å². The summed E-state index contributed by atoms with van der Waals surface area (Å²) in [6, 6.07) is 13.6. The van der Waals surface area contributed by atoms with E-state index in [1.54, 1.807) is 25.1 Å². The zero-order valence-electron chi connectivity index (χ0n) is 19.0. The zero-order chi connectivity index (χ0) is 22.9. The van der Waals surface area contributed by atoms with Crippen molar-refractivity contribution >= 4 is 11.8 Å². The van der Waals surface area contributed by atoms with Gasteiger partial charge in [-0.1, -0.05) is 48.7 Å². The van der Waals surface area contributed by atoms with Gasteiger partial charge in [-0.05, 0) is 51.3 Å². The number of carbonyl (C=O) groups excluding carboxylic acids is 2. The fraction of sp³-hybridized carbons (Fsp3) is 0.462. The molecule has 2 aromatic rings. The Balaban J connectivity index is 1.60. The summed E-state index contributed by atoms with van der Waals surface area (Å²) in [4.78, 5) is 27.4. The van der Waals surface area contributed by atoms with E-state index in [1.807, 2.05) is 31.2 Å². The molecule has 172 valence electrons. The Morgan fingerprint density at radius 3 is 2.50 bits per heavy atom. The number of rotatable bonds is 10. The summed E-state index contributed by atoms with van der Waals surface area (Å²) in [7, 11) is 0. The second-order valence-corrected chi connectivity index (χ2v) is 8.54. The molecule has 2 aromatic carbocycles. The third-order valence-electron chi connectivity index (χ3n) is 5.99. The van der Waals surface area contributed by atoms with Crippen LogP contribution in [-0.2, 0) is 16.1 Å². The highest BCUT2D eigenvalue weighted by Gasteiger charge is 2.28. The van der Waals surface area contributed by atoms with Gasteiger partial charge in [-0.2, -0.15) is 0 Å². The van der Waals surface area contributed by atoms with Gasteiger partial charge in [0.25, 0.3) is 0 Å². The SMILES string of the molecule is Cc1ccc(OCCCC(=O)N(Cc2ccccc2F)[C@@H](C)C(=O)NC2CCCC2)cc1. The molecule has 1 saturated carbocycles. The van der Waals surface area contributed by atoms with Gasteiger partial charge >= 0.3 is 0 Å². The maximum atomic E-state index is 14.3. The van der Waals surface area contributed by atoms with Crippen molar-refractivity contribution < 1.29 is 18.7 Å². The minimum atomic E-state index is -0.680. The normalized spacial score (nSPS) is 14.7. The van der Waals surface area contributed by atoms with Gasteiger partial charge in [0, 0.05) is 24.6 Å². The first-order chi connectivity index (χ1) is 15.4. The summed E-state index contributed by atoms with van der Waals surface area (Å²) in [6.45, 7) is 4.18. The minimum Gasteiger partial charge on any atom is -0.494 e. The number of nitrogens with zero attached hydrogens (tertiary/aromatic N) is 1. The van der Waals surface area contributed by atoms with Crippen LogP contribution in [-0.4, -0.2) is 35.4 Å². The lowest BCUT2D eigenvalue weighted by molar-refractivity contribution is -0.141. The van der Waals surface area contributed by atoms with E-state index >= 15 is 0 Å². The minimum absolute atomic E-state index is 0.0591. The highest BCUT2D eigenvalue weighted by Crippen LogP contribution is 2.19. The molecule has 2 amide bonds. The van der Waals surface area contributed by atoms with Gasteiger partial charge in [-0.15, -0.1) is 0 Å². The second kappa shape index (κ2) is 11.7. The summed E-state index contributed by atoms with van der Waals surface area (Å²) in [6.07, 6.45) is 4.89. The Hall–Kier alpha value is -2.89. The van der Waals surface area contributed by atoms with Crippen molar-refractivity contribution in [3.8, 4) is 5.75 Å². The average Bonchev–Trinajstić information content (AvgIpc) is 3.30. The molecule has 32 heavy (non-hydrogen) atoms. The van der Waals surface area contributed by atoms with Gasteiger partial charge in [-0.25, -0.2) is 4.39 Å². The third kappa shape index (κ3) is 6.81. The maximum Gasteiger partial charge on any atom is 0.242 e. The summed E-state index contributed by atoms with van der Waals surface area (Å²) < 4.78 is 20.0. The number of hydrogen-bond donors (Lipinski definition) is 1. The van der Waals surface area contributed by atoms with Gasteiger partial charge in [0.1, 0.15) is 17.6 Å². The van der Waals surface area contributed by atoms with E-state index in [4.69, 9.17) is 4.74 Å². The van der Waals surface area contributed by atoms with Crippen molar-refractivity contribution in [2.75, 3.05) is 6.61 Å². The van der Waals surface area contributed by atoms with Crippen LogP contribution in [0.5, 0.6) is 5.75 Å². The first-order valence-electron chi connectivity index (χ1n) is 11.5. The van der Waals surface area contributed by atoms with Crippen molar-refractivity contribution in [3.05, 3.63) is 65.5 Å². The van der Waals surface area contributed by atoms with Gasteiger partial charge in [0.15, 0.2) is 0 Å². The summed E-state index contributed by atoms with van der Waals surface area (Å²) >= 11 is 0. The molecular weight excluding hydrogens is 407 g/mol. The number of amides is 2. The first-order valence-corrected chi connectivity index (χ1v) is 11.5. The molecule has 5 nitrogen and oxygen atoms in total. The van der Waals surface area contributed by atoms with E-state index in [-0.39, 0.29) is 36.6 Å². The smallest absolute Gasteiger partial charge is 0.242 e. The summed E-state index contributed by atoms with van der Waals surface area (Å²) in [5.74, 6) is 0.0132. The predicted octanol–water partition coefficient (Wildman–Crippen LogP) is 4.77. The van der Waals surface area contributed by atoms with E-state index < -0.39 is 6.04 Å².